The Morgan fingerprint density at radius 1 is 1.20 bits per heavy atom. The minimum atomic E-state index is -3.66. The van der Waals surface area contributed by atoms with Gasteiger partial charge in [0.15, 0.2) is 0 Å². The first-order chi connectivity index (χ1) is 9.12. The van der Waals surface area contributed by atoms with Gasteiger partial charge in [-0.2, -0.15) is 0 Å². The first-order valence-electron chi connectivity index (χ1n) is 6.18. The number of amides is 1. The van der Waals surface area contributed by atoms with Crippen LogP contribution in [-0.4, -0.2) is 32.7 Å². The largest absolute Gasteiger partial charge is 0.352 e. The zero-order valence-corrected chi connectivity index (χ0v) is 12.7. The molecule has 7 heteroatoms. The number of nitrogens with zero attached hydrogens (tertiary/aromatic N) is 1. The maximum atomic E-state index is 12.9. The summed E-state index contributed by atoms with van der Waals surface area (Å²) < 4.78 is 37.7. The van der Waals surface area contributed by atoms with E-state index in [1.54, 1.807) is 13.8 Å². The van der Waals surface area contributed by atoms with Crippen LogP contribution in [0.25, 0.3) is 0 Å². The molecular formula is C13H19FN2O3S. The molecule has 0 aliphatic rings. The van der Waals surface area contributed by atoms with Gasteiger partial charge in [0.2, 0.25) is 15.9 Å². The lowest BCUT2D eigenvalue weighted by molar-refractivity contribution is -0.122. The zero-order chi connectivity index (χ0) is 15.5. The van der Waals surface area contributed by atoms with Gasteiger partial charge in [0, 0.05) is 6.04 Å². The van der Waals surface area contributed by atoms with Crippen molar-refractivity contribution in [1.82, 2.24) is 5.32 Å². The molecule has 1 atom stereocenters. The van der Waals surface area contributed by atoms with E-state index in [4.69, 9.17) is 0 Å². The Kier molecular flexibility index (Phi) is 5.10. The zero-order valence-electron chi connectivity index (χ0n) is 11.9. The van der Waals surface area contributed by atoms with Gasteiger partial charge in [-0.05, 0) is 45.0 Å². The summed E-state index contributed by atoms with van der Waals surface area (Å²) in [6.45, 7) is 5.06. The summed E-state index contributed by atoms with van der Waals surface area (Å²) in [6.07, 6.45) is 1.01. The van der Waals surface area contributed by atoms with Gasteiger partial charge in [-0.15, -0.1) is 0 Å². The number of sulfonamides is 1. The average Bonchev–Trinajstić information content (AvgIpc) is 2.29. The summed E-state index contributed by atoms with van der Waals surface area (Å²) in [6, 6.07) is 3.95. The number of carbonyl (C=O) groups is 1. The van der Waals surface area contributed by atoms with E-state index >= 15 is 0 Å². The number of rotatable bonds is 5. The Morgan fingerprint density at radius 3 is 2.10 bits per heavy atom. The average molecular weight is 302 g/mol. The fourth-order valence-corrected chi connectivity index (χ4v) is 2.98. The van der Waals surface area contributed by atoms with Gasteiger partial charge in [0.1, 0.15) is 11.9 Å². The highest BCUT2D eigenvalue weighted by atomic mass is 32.2. The van der Waals surface area contributed by atoms with Crippen LogP contribution in [0.15, 0.2) is 24.3 Å². The van der Waals surface area contributed by atoms with Gasteiger partial charge in [0.25, 0.3) is 0 Å². The smallest absolute Gasteiger partial charge is 0.243 e. The lowest BCUT2D eigenvalue weighted by Gasteiger charge is -2.28. The molecule has 0 spiro atoms. The Bertz CT molecular complexity index is 570. The van der Waals surface area contributed by atoms with Crippen LogP contribution in [0.5, 0.6) is 0 Å². The monoisotopic (exact) mass is 302 g/mol. The molecule has 5 nitrogen and oxygen atoms in total. The minimum Gasteiger partial charge on any atom is -0.352 e. The number of halogens is 1. The predicted octanol–water partition coefficient (Wildman–Crippen LogP) is 1.50. The summed E-state index contributed by atoms with van der Waals surface area (Å²) in [5, 5.41) is 2.66. The molecule has 0 saturated heterocycles. The molecule has 0 fully saturated rings. The molecule has 0 heterocycles. The molecule has 0 bridgehead atoms. The molecule has 1 N–H and O–H groups in total. The quantitative estimate of drug-likeness (QED) is 0.896. The van der Waals surface area contributed by atoms with Crippen LogP contribution in [0.1, 0.15) is 20.8 Å². The standard InChI is InChI=1S/C13H19FN2O3S/c1-9(2)15-13(17)10(3)16(20(4,18)19)12-7-5-11(14)6-8-12/h5-10H,1-4H3,(H,15,17)/t10-/m0/s1. The summed E-state index contributed by atoms with van der Waals surface area (Å²) in [5.41, 5.74) is 0.250. The molecule has 20 heavy (non-hydrogen) atoms. The summed E-state index contributed by atoms with van der Waals surface area (Å²) in [5.74, 6) is -0.878. The molecular weight excluding hydrogens is 283 g/mol. The van der Waals surface area contributed by atoms with E-state index < -0.39 is 27.8 Å². The third-order valence-electron chi connectivity index (χ3n) is 2.60. The molecule has 0 aromatic heterocycles. The maximum absolute atomic E-state index is 12.9. The number of nitrogens with one attached hydrogen (secondary N) is 1. The fourth-order valence-electron chi connectivity index (χ4n) is 1.80. The van der Waals surface area contributed by atoms with Crippen molar-refractivity contribution in [2.45, 2.75) is 32.9 Å². The van der Waals surface area contributed by atoms with E-state index in [-0.39, 0.29) is 11.7 Å². The summed E-state index contributed by atoms with van der Waals surface area (Å²) in [7, 11) is -3.66. The minimum absolute atomic E-state index is 0.0976. The van der Waals surface area contributed by atoms with Crippen molar-refractivity contribution in [2.24, 2.45) is 0 Å². The van der Waals surface area contributed by atoms with Gasteiger partial charge in [-0.25, -0.2) is 12.8 Å². The second-order valence-corrected chi connectivity index (χ2v) is 6.73. The topological polar surface area (TPSA) is 66.5 Å². The van der Waals surface area contributed by atoms with Gasteiger partial charge in [0.05, 0.1) is 11.9 Å². The molecule has 0 aliphatic carbocycles. The van der Waals surface area contributed by atoms with Crippen LogP contribution in [0.3, 0.4) is 0 Å². The van der Waals surface area contributed by atoms with Crippen LogP contribution in [0.2, 0.25) is 0 Å². The molecule has 1 aromatic rings. The number of hydrogen-bond donors (Lipinski definition) is 1. The number of hydrogen-bond acceptors (Lipinski definition) is 3. The second-order valence-electron chi connectivity index (χ2n) is 4.87. The predicted molar refractivity (Wildman–Crippen MR) is 76.5 cm³/mol. The van der Waals surface area contributed by atoms with E-state index in [0.717, 1.165) is 22.7 Å². The van der Waals surface area contributed by atoms with Gasteiger partial charge >= 0.3 is 0 Å². The molecule has 1 aromatic carbocycles. The van der Waals surface area contributed by atoms with Crippen LogP contribution in [-0.2, 0) is 14.8 Å². The first kappa shape index (κ1) is 16.4. The molecule has 0 unspecified atom stereocenters. The molecule has 0 aliphatic heterocycles. The molecule has 0 saturated carbocycles. The highest BCUT2D eigenvalue weighted by Gasteiger charge is 2.29. The fraction of sp³-hybridized carbons (Fsp3) is 0.462. The van der Waals surface area contributed by atoms with Crippen molar-refractivity contribution >= 4 is 21.6 Å². The first-order valence-corrected chi connectivity index (χ1v) is 8.03. The third-order valence-corrected chi connectivity index (χ3v) is 3.84. The van der Waals surface area contributed by atoms with Crippen molar-refractivity contribution in [3.63, 3.8) is 0 Å². The van der Waals surface area contributed by atoms with Crippen molar-refractivity contribution in [3.05, 3.63) is 30.1 Å². The lowest BCUT2D eigenvalue weighted by atomic mass is 10.2. The second kappa shape index (κ2) is 6.21. The highest BCUT2D eigenvalue weighted by molar-refractivity contribution is 7.92. The van der Waals surface area contributed by atoms with E-state index in [1.807, 2.05) is 0 Å². The van der Waals surface area contributed by atoms with E-state index in [2.05, 4.69) is 5.32 Å². The van der Waals surface area contributed by atoms with E-state index in [0.29, 0.717) is 0 Å². The van der Waals surface area contributed by atoms with Crippen molar-refractivity contribution in [1.29, 1.82) is 0 Å². The SMILES string of the molecule is CC(C)NC(=O)[C@H](C)N(c1ccc(F)cc1)S(C)(=O)=O. The maximum Gasteiger partial charge on any atom is 0.243 e. The molecule has 112 valence electrons. The van der Waals surface area contributed by atoms with Crippen LogP contribution >= 0.6 is 0 Å². The van der Waals surface area contributed by atoms with Gasteiger partial charge < -0.3 is 5.32 Å². The van der Waals surface area contributed by atoms with E-state index in [9.17, 15) is 17.6 Å². The van der Waals surface area contributed by atoms with Gasteiger partial charge in [-0.1, -0.05) is 0 Å². The van der Waals surface area contributed by atoms with E-state index in [1.165, 1.54) is 19.1 Å². The highest BCUT2D eigenvalue weighted by Crippen LogP contribution is 2.21. The summed E-state index contributed by atoms with van der Waals surface area (Å²) in [4.78, 5) is 12.0. The molecule has 1 rings (SSSR count). The normalized spacial score (nSPS) is 13.1. The summed E-state index contributed by atoms with van der Waals surface area (Å²) >= 11 is 0. The Hall–Kier alpha value is -1.63. The molecule has 1 amide bonds. The molecule has 0 radical (unpaired) electrons. The van der Waals surface area contributed by atoms with Crippen molar-refractivity contribution in [2.75, 3.05) is 10.6 Å². The van der Waals surface area contributed by atoms with Crippen LogP contribution in [0.4, 0.5) is 10.1 Å². The van der Waals surface area contributed by atoms with Gasteiger partial charge in [-0.3, -0.25) is 9.10 Å². The Morgan fingerprint density at radius 2 is 1.70 bits per heavy atom. The number of benzene rings is 1. The number of anilines is 1. The Labute approximate surface area is 118 Å². The van der Waals surface area contributed by atoms with Crippen molar-refractivity contribution < 1.29 is 17.6 Å². The third kappa shape index (κ3) is 4.19. The van der Waals surface area contributed by atoms with Crippen molar-refractivity contribution in [3.8, 4) is 0 Å². The van der Waals surface area contributed by atoms with Crippen LogP contribution < -0.4 is 9.62 Å². The number of carbonyl (C=O) groups excluding carboxylic acids is 1. The lowest BCUT2D eigenvalue weighted by Crippen LogP contribution is -2.49. The Balaban J connectivity index is 3.14. The van der Waals surface area contributed by atoms with Crippen LogP contribution in [0, 0.1) is 5.82 Å².